The number of nitrogens with one attached hydrogen (secondary N) is 2. The lowest BCUT2D eigenvalue weighted by Gasteiger charge is -2.40. The van der Waals surface area contributed by atoms with Crippen LogP contribution in [0.3, 0.4) is 0 Å². The Kier molecular flexibility index (Phi) is 22.9. The highest BCUT2D eigenvalue weighted by Gasteiger charge is 2.49. The highest BCUT2D eigenvalue weighted by atomic mass is 35.5. The molecule has 6 atom stereocenters. The van der Waals surface area contributed by atoms with Gasteiger partial charge in [0.15, 0.2) is 0 Å². The summed E-state index contributed by atoms with van der Waals surface area (Å²) >= 11 is 14.6. The molecule has 1 aromatic carbocycles. The lowest BCUT2D eigenvalue weighted by atomic mass is 9.67. The molecule has 0 aliphatic rings. The number of likely N-dealkylation sites (N-methyl/N-ethyl adjacent to an activating group) is 1. The molecule has 0 radical (unpaired) electrons. The molecule has 354 valence electrons. The van der Waals surface area contributed by atoms with E-state index in [1.54, 1.807) is 32.4 Å². The quantitative estimate of drug-likeness (QED) is 0.0317. The number of nitriles is 1. The molecule has 2 aromatic heterocycles. The summed E-state index contributed by atoms with van der Waals surface area (Å²) in [4.78, 5) is 47.2. The van der Waals surface area contributed by atoms with Crippen molar-refractivity contribution < 1.29 is 29.3 Å². The van der Waals surface area contributed by atoms with Crippen LogP contribution in [0, 0.1) is 28.1 Å². The lowest BCUT2D eigenvalue weighted by Crippen LogP contribution is -2.51. The Morgan fingerprint density at radius 1 is 1.06 bits per heavy atom. The van der Waals surface area contributed by atoms with Crippen LogP contribution >= 0.6 is 47.3 Å². The van der Waals surface area contributed by atoms with Gasteiger partial charge in [-0.2, -0.15) is 5.26 Å². The number of carbonyl (C=O) groups is 3. The number of thiocarbonyl (C=S) groups is 1. The summed E-state index contributed by atoms with van der Waals surface area (Å²) < 4.78 is 6.21. The van der Waals surface area contributed by atoms with E-state index >= 15 is 0 Å². The molecule has 0 fully saturated rings. The predicted molar refractivity (Wildman–Crippen MR) is 262 cm³/mol. The van der Waals surface area contributed by atoms with Gasteiger partial charge in [-0.1, -0.05) is 74.6 Å². The number of aliphatic hydroxyl groups excluding tert-OH is 2. The molecule has 64 heavy (non-hydrogen) atoms. The Balaban J connectivity index is 1.67. The molecule has 18 heteroatoms. The minimum absolute atomic E-state index is 0.00499. The number of carbonyl (C=O) groups excluding carboxylic acids is 3. The maximum atomic E-state index is 14.4. The van der Waals surface area contributed by atoms with Gasteiger partial charge in [0, 0.05) is 35.1 Å². The number of pyridine rings is 1. The fraction of sp³-hybridized carbons (Fsp3) is 0.652. The average Bonchev–Trinajstić information content (AvgIpc) is 3.71. The number of amides is 2. The Bertz CT molecular complexity index is 2030. The zero-order valence-corrected chi connectivity index (χ0v) is 42.0. The van der Waals surface area contributed by atoms with Crippen molar-refractivity contribution in [1.82, 2.24) is 35.5 Å². The molecule has 3 rings (SSSR count). The average molecular weight is 962 g/mol. The Labute approximate surface area is 398 Å². The number of benzene rings is 1. The molecule has 0 aliphatic heterocycles. The van der Waals surface area contributed by atoms with Gasteiger partial charge >= 0.3 is 5.97 Å². The van der Waals surface area contributed by atoms with Crippen LogP contribution in [0.15, 0.2) is 36.7 Å². The molecule has 6 unspecified atom stereocenters. The van der Waals surface area contributed by atoms with Crippen LogP contribution < -0.4 is 10.6 Å². The number of hydrogen-bond acceptors (Lipinski definition) is 14. The Morgan fingerprint density at radius 2 is 1.81 bits per heavy atom. The highest BCUT2D eigenvalue weighted by Crippen LogP contribution is 2.47. The van der Waals surface area contributed by atoms with E-state index in [1.165, 1.54) is 36.0 Å². The molecule has 4 N–H and O–H groups in total. The molecule has 14 nitrogen and oxygen atoms in total. The van der Waals surface area contributed by atoms with E-state index in [4.69, 9.17) is 28.6 Å². The third kappa shape index (κ3) is 18.1. The van der Waals surface area contributed by atoms with Crippen molar-refractivity contribution in [3.63, 3.8) is 0 Å². The number of thioether (sulfide) groups is 2. The van der Waals surface area contributed by atoms with Gasteiger partial charge < -0.3 is 30.5 Å². The third-order valence-corrected chi connectivity index (χ3v) is 14.4. The molecule has 0 saturated carbocycles. The van der Waals surface area contributed by atoms with Crippen molar-refractivity contribution in [2.24, 2.45) is 16.7 Å². The van der Waals surface area contributed by atoms with Gasteiger partial charge in [-0.15, -0.1) is 16.9 Å². The minimum Gasteiger partial charge on any atom is -0.464 e. The second-order valence-corrected chi connectivity index (χ2v) is 21.9. The molecule has 2 heterocycles. The van der Waals surface area contributed by atoms with Gasteiger partial charge in [-0.25, -0.2) is 4.79 Å². The number of halogens is 1. The summed E-state index contributed by atoms with van der Waals surface area (Å²) in [6.07, 6.45) is 6.28. The maximum Gasteiger partial charge on any atom is 0.334 e. The normalized spacial score (nSPS) is 15.9. The molecule has 2 amide bonds. The summed E-state index contributed by atoms with van der Waals surface area (Å²) in [5, 5.41) is 46.4. The van der Waals surface area contributed by atoms with Crippen LogP contribution in [0.25, 0.3) is 10.9 Å². The fourth-order valence-corrected chi connectivity index (χ4v) is 11.1. The van der Waals surface area contributed by atoms with Crippen LogP contribution in [0.1, 0.15) is 112 Å². The molecule has 3 aromatic rings. The van der Waals surface area contributed by atoms with Gasteiger partial charge in [-0.05, 0) is 128 Å². The van der Waals surface area contributed by atoms with Crippen LogP contribution in [-0.2, 0) is 38.6 Å². The topological polar surface area (TPSA) is 196 Å². The number of hydrogen-bond donors (Lipinski definition) is 4. The first-order chi connectivity index (χ1) is 30.2. The van der Waals surface area contributed by atoms with Crippen LogP contribution in [0.4, 0.5) is 0 Å². The zero-order valence-electron chi connectivity index (χ0n) is 38.8. The molecular weight excluding hydrogens is 892 g/mol. The fourth-order valence-electron chi connectivity index (χ4n) is 7.84. The van der Waals surface area contributed by atoms with Crippen LogP contribution in [0.2, 0.25) is 5.02 Å². The van der Waals surface area contributed by atoms with Crippen LogP contribution in [0.5, 0.6) is 0 Å². The smallest absolute Gasteiger partial charge is 0.334 e. The molecule has 0 bridgehead atoms. The second-order valence-electron chi connectivity index (χ2n) is 17.7. The largest absolute Gasteiger partial charge is 0.464 e. The molecule has 0 aliphatic carbocycles. The number of ether oxygens (including phenoxy) is 1. The van der Waals surface area contributed by atoms with Crippen molar-refractivity contribution >= 4 is 79.6 Å². The summed E-state index contributed by atoms with van der Waals surface area (Å²) in [6, 6.07) is 10.4. The van der Waals surface area contributed by atoms with E-state index < -0.39 is 39.7 Å². The monoisotopic (exact) mass is 960 g/mol. The molecule has 0 spiro atoms. The second kappa shape index (κ2) is 26.7. The summed E-state index contributed by atoms with van der Waals surface area (Å²) in [5.74, 6) is -0.249. The van der Waals surface area contributed by atoms with Crippen molar-refractivity contribution in [2.75, 3.05) is 38.5 Å². The highest BCUT2D eigenvalue weighted by molar-refractivity contribution is 8.47. The van der Waals surface area contributed by atoms with E-state index in [9.17, 15) is 29.9 Å². The van der Waals surface area contributed by atoms with Gasteiger partial charge in [0.1, 0.15) is 15.3 Å². The number of fused-ring (bicyclic) bond motifs is 1. The SMILES string of the molecule is CCCSC(=S)SC(C)(CC(C)(CC(C)(C#N)CCCOC(=O)C(C)O)C(=O)NCC(C)O)C(=O)NCc1cn(CCN(CC)CCCC(C)Cc2ccnc3cc(Cl)ccc23)nn1. The summed E-state index contributed by atoms with van der Waals surface area (Å²) in [7, 11) is 0. The summed E-state index contributed by atoms with van der Waals surface area (Å²) in [5.41, 5.74) is 0.442. The van der Waals surface area contributed by atoms with Crippen molar-refractivity contribution in [3.8, 4) is 6.07 Å². The minimum atomic E-state index is -1.28. The number of esters is 1. The number of aliphatic hydroxyl groups is 2. The van der Waals surface area contributed by atoms with Crippen molar-refractivity contribution in [3.05, 3.63) is 52.9 Å². The Hall–Kier alpha value is -3.37. The van der Waals surface area contributed by atoms with Crippen molar-refractivity contribution in [2.45, 2.75) is 137 Å². The van der Waals surface area contributed by atoms with Crippen LogP contribution in [-0.4, -0.2) is 112 Å². The number of rotatable bonds is 28. The standard InChI is InChI=1S/C46H69ClN8O6S3/c1-9-23-63-43(62)64-46(8,30-45(7,41(59)50-26-33(4)56)29-44(6,31-48)17-12-22-61-40(58)34(5)57)42(60)51-27-37-28-55(53-52-37)21-20-54(10-2)19-11-13-32(3)24-35-16-18-49-39-25-36(47)14-15-38(35)39/h14-16,18,25,28,32-34,56-57H,9-13,17,19-24,26-27,29-30H2,1-8H3,(H,50,59)(H,51,60). The first kappa shape index (κ1) is 55.0. The number of nitrogens with zero attached hydrogens (tertiary/aromatic N) is 6. The molecular formula is C46H69ClN8O6S3. The van der Waals surface area contributed by atoms with E-state index in [1.807, 2.05) is 31.5 Å². The van der Waals surface area contributed by atoms with Gasteiger partial charge in [0.05, 0.1) is 53.7 Å². The predicted octanol–water partition coefficient (Wildman–Crippen LogP) is 7.51. The van der Waals surface area contributed by atoms with E-state index in [0.717, 1.165) is 62.0 Å². The van der Waals surface area contributed by atoms with Gasteiger partial charge in [0.2, 0.25) is 11.8 Å². The zero-order chi connectivity index (χ0) is 47.5. The van der Waals surface area contributed by atoms with Gasteiger partial charge in [0.25, 0.3) is 0 Å². The third-order valence-electron chi connectivity index (χ3n) is 11.2. The van der Waals surface area contributed by atoms with Crippen molar-refractivity contribution in [1.29, 1.82) is 5.26 Å². The first-order valence-corrected chi connectivity index (χ1v) is 24.8. The lowest BCUT2D eigenvalue weighted by molar-refractivity contribution is -0.152. The van der Waals surface area contributed by atoms with E-state index in [0.29, 0.717) is 33.1 Å². The molecule has 0 saturated heterocycles. The Morgan fingerprint density at radius 3 is 2.48 bits per heavy atom. The van der Waals surface area contributed by atoms with Gasteiger partial charge in [-0.3, -0.25) is 19.3 Å². The van der Waals surface area contributed by atoms with E-state index in [-0.39, 0.29) is 44.9 Å². The maximum absolute atomic E-state index is 14.4. The summed E-state index contributed by atoms with van der Waals surface area (Å²) in [6.45, 7) is 18.0. The number of aromatic nitrogens is 4. The van der Waals surface area contributed by atoms with E-state index in [2.05, 4.69) is 62.9 Å². The first-order valence-electron chi connectivity index (χ1n) is 22.3.